The number of carbonyl (C=O) groups is 6. The maximum Gasteiger partial charge on any atom is 0.254 e. The molecular formula is C22H15N3O9-2. The Labute approximate surface area is 191 Å². The van der Waals surface area contributed by atoms with Gasteiger partial charge in [0, 0.05) is 0 Å². The first-order valence-corrected chi connectivity index (χ1v) is 9.93. The predicted octanol–water partition coefficient (Wildman–Crippen LogP) is -1.93. The van der Waals surface area contributed by atoms with E-state index in [0.717, 1.165) is 34.1 Å². The number of hydrogen-bond acceptors (Lipinski definition) is 10. The average Bonchev–Trinajstić information content (AvgIpc) is 3.27. The molecule has 2 fully saturated rings. The Hall–Kier alpha value is -4.42. The first-order chi connectivity index (χ1) is 16.1. The van der Waals surface area contributed by atoms with E-state index in [4.69, 9.17) is 0 Å². The third-order valence-electron chi connectivity index (χ3n) is 5.61. The Balaban J connectivity index is 1.53. The lowest BCUT2D eigenvalue weighted by molar-refractivity contribution is -0.256. The SMILES string of the molecule is O=C([O-])c1ccc(N2C(=O)C[C@@H](N(O)[C@@H]3CC(=O)N(c4ccc(C(=O)[O-])cc4)C3=O)C2=O)cc1. The summed E-state index contributed by atoms with van der Waals surface area (Å²) < 4.78 is 0. The molecule has 34 heavy (non-hydrogen) atoms. The number of rotatable bonds is 6. The summed E-state index contributed by atoms with van der Waals surface area (Å²) >= 11 is 0. The fraction of sp³-hybridized carbons (Fsp3) is 0.182. The van der Waals surface area contributed by atoms with Gasteiger partial charge in [-0.1, -0.05) is 24.3 Å². The lowest BCUT2D eigenvalue weighted by Crippen LogP contribution is -2.49. The van der Waals surface area contributed by atoms with E-state index < -0.39 is 60.5 Å². The molecule has 0 aromatic heterocycles. The fourth-order valence-corrected chi connectivity index (χ4v) is 3.90. The van der Waals surface area contributed by atoms with E-state index >= 15 is 0 Å². The summed E-state index contributed by atoms with van der Waals surface area (Å²) in [6, 6.07) is 6.62. The number of carbonyl (C=O) groups excluding carboxylic acids is 6. The highest BCUT2D eigenvalue weighted by Crippen LogP contribution is 2.30. The molecule has 1 N–H and O–H groups in total. The number of hydroxylamine groups is 2. The molecule has 4 rings (SSSR count). The fourth-order valence-electron chi connectivity index (χ4n) is 3.90. The summed E-state index contributed by atoms with van der Waals surface area (Å²) in [5.74, 6) is -5.97. The molecular weight excluding hydrogens is 450 g/mol. The first-order valence-electron chi connectivity index (χ1n) is 9.93. The highest BCUT2D eigenvalue weighted by Gasteiger charge is 2.50. The Morgan fingerprint density at radius 1 is 0.706 bits per heavy atom. The molecule has 0 radical (unpaired) electrons. The molecule has 12 heteroatoms. The quantitative estimate of drug-likeness (QED) is 0.373. The number of aromatic carboxylic acids is 2. The van der Waals surface area contributed by atoms with Gasteiger partial charge in [0.05, 0.1) is 36.2 Å². The number of carboxylic acid groups (broad SMARTS) is 2. The van der Waals surface area contributed by atoms with Gasteiger partial charge in [0.15, 0.2) is 0 Å². The van der Waals surface area contributed by atoms with Gasteiger partial charge in [-0.2, -0.15) is 5.06 Å². The third-order valence-corrected chi connectivity index (χ3v) is 5.61. The molecule has 2 aliphatic heterocycles. The molecule has 2 aliphatic rings. The molecule has 4 amide bonds. The summed E-state index contributed by atoms with van der Waals surface area (Å²) in [5, 5.41) is 32.8. The van der Waals surface area contributed by atoms with Crippen LogP contribution in [0.2, 0.25) is 0 Å². The van der Waals surface area contributed by atoms with E-state index in [9.17, 15) is 44.2 Å². The minimum atomic E-state index is -1.45. The lowest BCUT2D eigenvalue weighted by Gasteiger charge is -2.25. The van der Waals surface area contributed by atoms with Crippen LogP contribution in [0.5, 0.6) is 0 Å². The van der Waals surface area contributed by atoms with Crippen molar-refractivity contribution >= 4 is 46.9 Å². The van der Waals surface area contributed by atoms with Crippen molar-refractivity contribution in [2.45, 2.75) is 24.9 Å². The van der Waals surface area contributed by atoms with Crippen LogP contribution in [0.4, 0.5) is 11.4 Å². The number of nitrogens with zero attached hydrogens (tertiary/aromatic N) is 3. The van der Waals surface area contributed by atoms with Gasteiger partial charge in [-0.25, -0.2) is 9.80 Å². The Morgan fingerprint density at radius 3 is 1.32 bits per heavy atom. The first kappa shape index (κ1) is 22.8. The summed E-state index contributed by atoms with van der Waals surface area (Å²) in [4.78, 5) is 74.0. The highest BCUT2D eigenvalue weighted by atomic mass is 16.5. The van der Waals surface area contributed by atoms with Crippen molar-refractivity contribution in [3.8, 4) is 0 Å². The van der Waals surface area contributed by atoms with Crippen LogP contribution in [0.3, 0.4) is 0 Å². The van der Waals surface area contributed by atoms with Crippen molar-refractivity contribution in [1.29, 1.82) is 0 Å². The minimum Gasteiger partial charge on any atom is -0.545 e. The Morgan fingerprint density at radius 2 is 1.03 bits per heavy atom. The molecule has 12 nitrogen and oxygen atoms in total. The second kappa shape index (κ2) is 8.50. The second-order valence-electron chi connectivity index (χ2n) is 7.62. The van der Waals surface area contributed by atoms with Crippen molar-refractivity contribution in [3.63, 3.8) is 0 Å². The van der Waals surface area contributed by atoms with Gasteiger partial charge in [0.2, 0.25) is 11.8 Å². The number of anilines is 2. The van der Waals surface area contributed by atoms with Gasteiger partial charge in [0.25, 0.3) is 11.8 Å². The number of amides is 4. The molecule has 2 aromatic carbocycles. The van der Waals surface area contributed by atoms with Gasteiger partial charge in [-0.05, 0) is 35.4 Å². The smallest absolute Gasteiger partial charge is 0.254 e. The average molecular weight is 465 g/mol. The van der Waals surface area contributed by atoms with Crippen LogP contribution in [-0.4, -0.2) is 57.9 Å². The molecule has 2 heterocycles. The van der Waals surface area contributed by atoms with Crippen molar-refractivity contribution in [3.05, 3.63) is 59.7 Å². The number of carboxylic acids is 2. The Kier molecular flexibility index (Phi) is 5.69. The topological polar surface area (TPSA) is 178 Å². The van der Waals surface area contributed by atoms with Crippen LogP contribution < -0.4 is 20.0 Å². The van der Waals surface area contributed by atoms with Crippen LogP contribution in [0, 0.1) is 0 Å². The van der Waals surface area contributed by atoms with E-state index in [0.29, 0.717) is 5.06 Å². The van der Waals surface area contributed by atoms with E-state index in [2.05, 4.69) is 0 Å². The summed E-state index contributed by atoms with van der Waals surface area (Å²) in [6.07, 6.45) is -0.953. The minimum absolute atomic E-state index is 0.0689. The van der Waals surface area contributed by atoms with E-state index in [1.165, 1.54) is 24.3 Å². The molecule has 0 saturated carbocycles. The van der Waals surface area contributed by atoms with Gasteiger partial charge in [-0.15, -0.1) is 0 Å². The van der Waals surface area contributed by atoms with Crippen molar-refractivity contribution in [2.75, 3.05) is 9.80 Å². The molecule has 0 spiro atoms. The van der Waals surface area contributed by atoms with Crippen molar-refractivity contribution in [2.24, 2.45) is 0 Å². The molecule has 2 saturated heterocycles. The highest BCUT2D eigenvalue weighted by molar-refractivity contribution is 6.24. The zero-order valence-corrected chi connectivity index (χ0v) is 17.2. The standard InChI is InChI=1S/C22H17N3O9/c26-17-9-15(19(28)23(17)13-5-1-11(2-6-13)21(30)31)25(34)16-10-18(27)24(20(16)29)14-7-3-12(4-8-14)22(32)33/h1-8,15-16,34H,9-10H2,(H,30,31)(H,32,33)/p-2/t15-,16-/m1/s1. The summed E-state index contributed by atoms with van der Waals surface area (Å²) in [7, 11) is 0. The number of imide groups is 2. The normalized spacial score (nSPS) is 20.5. The summed E-state index contributed by atoms with van der Waals surface area (Å²) in [6.45, 7) is 0. The molecule has 0 bridgehead atoms. The Bertz CT molecular complexity index is 1130. The zero-order valence-electron chi connectivity index (χ0n) is 17.2. The molecule has 174 valence electrons. The zero-order chi connectivity index (χ0) is 24.7. The van der Waals surface area contributed by atoms with E-state index in [-0.39, 0.29) is 22.5 Å². The molecule has 0 unspecified atom stereocenters. The van der Waals surface area contributed by atoms with Gasteiger partial charge in [-0.3, -0.25) is 19.2 Å². The second-order valence-corrected chi connectivity index (χ2v) is 7.62. The van der Waals surface area contributed by atoms with Gasteiger partial charge >= 0.3 is 0 Å². The number of benzene rings is 2. The van der Waals surface area contributed by atoms with E-state index in [1.807, 2.05) is 0 Å². The number of hydrogen-bond donors (Lipinski definition) is 1. The van der Waals surface area contributed by atoms with Crippen LogP contribution in [-0.2, 0) is 19.2 Å². The monoisotopic (exact) mass is 465 g/mol. The van der Waals surface area contributed by atoms with Gasteiger partial charge in [0.1, 0.15) is 12.1 Å². The predicted molar refractivity (Wildman–Crippen MR) is 107 cm³/mol. The van der Waals surface area contributed by atoms with Crippen molar-refractivity contribution < 1.29 is 44.2 Å². The van der Waals surface area contributed by atoms with E-state index in [1.54, 1.807) is 0 Å². The molecule has 0 aliphatic carbocycles. The van der Waals surface area contributed by atoms with Crippen LogP contribution in [0.25, 0.3) is 0 Å². The summed E-state index contributed by atoms with van der Waals surface area (Å²) in [5.41, 5.74) is -0.185. The van der Waals surface area contributed by atoms with Crippen LogP contribution in [0.15, 0.2) is 48.5 Å². The lowest BCUT2D eigenvalue weighted by atomic mass is 10.1. The maximum absolute atomic E-state index is 12.9. The largest absolute Gasteiger partial charge is 0.545 e. The van der Waals surface area contributed by atoms with Crippen LogP contribution >= 0.6 is 0 Å². The van der Waals surface area contributed by atoms with Gasteiger partial charge < -0.3 is 25.0 Å². The van der Waals surface area contributed by atoms with Crippen LogP contribution in [0.1, 0.15) is 33.6 Å². The third kappa shape index (κ3) is 3.80. The van der Waals surface area contributed by atoms with Crippen molar-refractivity contribution in [1.82, 2.24) is 5.06 Å². The molecule has 2 aromatic rings. The molecule has 2 atom stereocenters. The maximum atomic E-state index is 12.9.